The van der Waals surface area contributed by atoms with Crippen molar-refractivity contribution in [3.05, 3.63) is 53.6 Å². The van der Waals surface area contributed by atoms with Crippen LogP contribution in [0.1, 0.15) is 17.2 Å². The lowest BCUT2D eigenvalue weighted by molar-refractivity contribution is 0.291. The molecule has 0 bridgehead atoms. The highest BCUT2D eigenvalue weighted by Gasteiger charge is 2.22. The van der Waals surface area contributed by atoms with Gasteiger partial charge in [0.1, 0.15) is 30.5 Å². The minimum atomic E-state index is 0.267. The van der Waals surface area contributed by atoms with Crippen LogP contribution in [0.5, 0.6) is 17.2 Å². The van der Waals surface area contributed by atoms with Crippen LogP contribution in [0, 0.1) is 0 Å². The Morgan fingerprint density at radius 3 is 2.90 bits per heavy atom. The highest BCUT2D eigenvalue weighted by Crippen LogP contribution is 2.35. The largest absolute Gasteiger partial charge is 0.496 e. The van der Waals surface area contributed by atoms with Crippen LogP contribution >= 0.6 is 0 Å². The number of hydrogen-bond acceptors (Lipinski definition) is 4. The maximum atomic E-state index is 5.85. The van der Waals surface area contributed by atoms with Gasteiger partial charge in [-0.2, -0.15) is 0 Å². The van der Waals surface area contributed by atoms with Crippen LogP contribution in [0.25, 0.3) is 0 Å². The Balaban J connectivity index is 1.72. The molecule has 0 spiro atoms. The number of para-hydroxylation sites is 1. The molecule has 1 N–H and O–H groups in total. The smallest absolute Gasteiger partial charge is 0.127 e. The quantitative estimate of drug-likeness (QED) is 0.917. The normalized spacial score (nSPS) is 16.2. The number of benzene rings is 2. The van der Waals surface area contributed by atoms with E-state index in [9.17, 15) is 0 Å². The third kappa shape index (κ3) is 2.81. The Labute approximate surface area is 124 Å². The summed E-state index contributed by atoms with van der Waals surface area (Å²) < 4.78 is 16.8. The average molecular weight is 285 g/mol. The van der Waals surface area contributed by atoms with Crippen molar-refractivity contribution in [1.29, 1.82) is 0 Å². The van der Waals surface area contributed by atoms with Gasteiger partial charge < -0.3 is 19.5 Å². The Bertz CT molecular complexity index is 627. The summed E-state index contributed by atoms with van der Waals surface area (Å²) in [7, 11) is 3.61. The molecule has 2 aromatic carbocycles. The van der Waals surface area contributed by atoms with Crippen molar-refractivity contribution >= 4 is 0 Å². The monoisotopic (exact) mass is 285 g/mol. The minimum Gasteiger partial charge on any atom is -0.496 e. The first-order valence-corrected chi connectivity index (χ1v) is 7.00. The average Bonchev–Trinajstić information content (AvgIpc) is 2.95. The van der Waals surface area contributed by atoms with E-state index in [-0.39, 0.29) is 6.04 Å². The summed E-state index contributed by atoms with van der Waals surface area (Å²) in [6.45, 7) is 1.14. The molecular formula is C17H19NO3. The van der Waals surface area contributed by atoms with Gasteiger partial charge in [0.05, 0.1) is 13.2 Å². The fraction of sp³-hybridized carbons (Fsp3) is 0.294. The van der Waals surface area contributed by atoms with Gasteiger partial charge >= 0.3 is 0 Å². The van der Waals surface area contributed by atoms with Crippen LogP contribution < -0.4 is 19.5 Å². The molecule has 1 aliphatic heterocycles. The maximum Gasteiger partial charge on any atom is 0.127 e. The predicted octanol–water partition coefficient (Wildman–Crippen LogP) is 2.93. The topological polar surface area (TPSA) is 39.7 Å². The molecule has 1 atom stereocenters. The van der Waals surface area contributed by atoms with Crippen molar-refractivity contribution in [3.63, 3.8) is 0 Å². The van der Waals surface area contributed by atoms with Crippen molar-refractivity contribution in [2.45, 2.75) is 12.6 Å². The summed E-state index contributed by atoms with van der Waals surface area (Å²) in [6.07, 6.45) is 0. The molecule has 4 nitrogen and oxygen atoms in total. The van der Waals surface area contributed by atoms with Crippen LogP contribution in [0.2, 0.25) is 0 Å². The number of fused-ring (bicyclic) bond motifs is 1. The molecule has 0 fully saturated rings. The molecule has 0 aromatic heterocycles. The van der Waals surface area contributed by atoms with Gasteiger partial charge in [-0.1, -0.05) is 18.2 Å². The molecule has 1 aliphatic rings. The molecular weight excluding hydrogens is 266 g/mol. The van der Waals surface area contributed by atoms with E-state index in [0.29, 0.717) is 13.2 Å². The first-order valence-electron chi connectivity index (χ1n) is 7.00. The van der Waals surface area contributed by atoms with E-state index >= 15 is 0 Å². The van der Waals surface area contributed by atoms with E-state index in [1.165, 1.54) is 5.56 Å². The van der Waals surface area contributed by atoms with Crippen LogP contribution in [0.3, 0.4) is 0 Å². The molecule has 110 valence electrons. The zero-order valence-corrected chi connectivity index (χ0v) is 12.3. The van der Waals surface area contributed by atoms with E-state index in [0.717, 1.165) is 22.8 Å². The van der Waals surface area contributed by atoms with E-state index in [4.69, 9.17) is 14.2 Å². The summed E-state index contributed by atoms with van der Waals surface area (Å²) >= 11 is 0. The fourth-order valence-corrected chi connectivity index (χ4v) is 2.50. The minimum absolute atomic E-state index is 0.267. The fourth-order valence-electron chi connectivity index (χ4n) is 2.50. The van der Waals surface area contributed by atoms with Crippen molar-refractivity contribution in [2.24, 2.45) is 0 Å². The highest BCUT2D eigenvalue weighted by atomic mass is 16.5. The molecule has 4 heteroatoms. The molecule has 0 radical (unpaired) electrons. The van der Waals surface area contributed by atoms with E-state index in [1.54, 1.807) is 7.11 Å². The molecule has 0 saturated carbocycles. The number of rotatable bonds is 5. The highest BCUT2D eigenvalue weighted by molar-refractivity contribution is 5.45. The zero-order valence-electron chi connectivity index (χ0n) is 12.3. The standard InChI is InChI=1S/C17H19NO3/c1-18-15-11-21-17-9-13(7-8-14(15)17)20-10-12-5-3-4-6-16(12)19-2/h3-9,15,18H,10-11H2,1-2H3. The lowest BCUT2D eigenvalue weighted by Gasteiger charge is -2.11. The van der Waals surface area contributed by atoms with Crippen molar-refractivity contribution in [1.82, 2.24) is 5.32 Å². The lowest BCUT2D eigenvalue weighted by Crippen LogP contribution is -2.17. The van der Waals surface area contributed by atoms with Gasteiger partial charge in [-0.15, -0.1) is 0 Å². The van der Waals surface area contributed by atoms with Gasteiger partial charge in [-0.25, -0.2) is 0 Å². The number of methoxy groups -OCH3 is 1. The second kappa shape index (κ2) is 6.06. The molecule has 0 saturated heterocycles. The summed E-state index contributed by atoms with van der Waals surface area (Å²) in [6, 6.07) is 14.1. The first kappa shape index (κ1) is 13.8. The number of likely N-dealkylation sites (N-methyl/N-ethyl adjacent to an activating group) is 1. The van der Waals surface area contributed by atoms with Gasteiger partial charge in [0.25, 0.3) is 0 Å². The maximum absolute atomic E-state index is 5.85. The lowest BCUT2D eigenvalue weighted by atomic mass is 10.1. The Morgan fingerprint density at radius 1 is 1.24 bits per heavy atom. The molecule has 1 heterocycles. The Hall–Kier alpha value is -2.20. The molecule has 2 aromatic rings. The van der Waals surface area contributed by atoms with Gasteiger partial charge in [-0.05, 0) is 25.2 Å². The molecule has 21 heavy (non-hydrogen) atoms. The van der Waals surface area contributed by atoms with Gasteiger partial charge in [0.2, 0.25) is 0 Å². The van der Waals surface area contributed by atoms with E-state index < -0.39 is 0 Å². The van der Waals surface area contributed by atoms with Gasteiger partial charge in [0, 0.05) is 17.2 Å². The number of ether oxygens (including phenoxy) is 3. The van der Waals surface area contributed by atoms with Crippen molar-refractivity contribution in [2.75, 3.05) is 20.8 Å². The summed E-state index contributed by atoms with van der Waals surface area (Å²) in [4.78, 5) is 0. The first-order chi connectivity index (χ1) is 10.3. The third-order valence-corrected chi connectivity index (χ3v) is 3.70. The molecule has 0 aliphatic carbocycles. The number of nitrogens with one attached hydrogen (secondary N) is 1. The second-order valence-electron chi connectivity index (χ2n) is 4.95. The van der Waals surface area contributed by atoms with Gasteiger partial charge in [-0.3, -0.25) is 0 Å². The van der Waals surface area contributed by atoms with Crippen LogP contribution in [0.15, 0.2) is 42.5 Å². The van der Waals surface area contributed by atoms with Crippen LogP contribution in [-0.4, -0.2) is 20.8 Å². The Kier molecular flexibility index (Phi) is 3.97. The molecule has 3 rings (SSSR count). The van der Waals surface area contributed by atoms with Gasteiger partial charge in [0.15, 0.2) is 0 Å². The SMILES string of the molecule is CNC1COc2cc(OCc3ccccc3OC)ccc21. The van der Waals surface area contributed by atoms with Crippen molar-refractivity contribution in [3.8, 4) is 17.2 Å². The Morgan fingerprint density at radius 2 is 2.10 bits per heavy atom. The summed E-state index contributed by atoms with van der Waals surface area (Å²) in [5, 5.41) is 3.23. The van der Waals surface area contributed by atoms with E-state index in [1.807, 2.05) is 43.4 Å². The zero-order chi connectivity index (χ0) is 14.7. The second-order valence-corrected chi connectivity index (χ2v) is 4.95. The van der Waals surface area contributed by atoms with Crippen LogP contribution in [-0.2, 0) is 6.61 Å². The molecule has 0 amide bonds. The summed E-state index contributed by atoms with van der Waals surface area (Å²) in [5.74, 6) is 2.54. The van der Waals surface area contributed by atoms with E-state index in [2.05, 4.69) is 11.4 Å². The molecule has 1 unspecified atom stereocenters. The third-order valence-electron chi connectivity index (χ3n) is 3.70. The summed E-state index contributed by atoms with van der Waals surface area (Å²) in [5.41, 5.74) is 2.21. The van der Waals surface area contributed by atoms with Crippen LogP contribution in [0.4, 0.5) is 0 Å². The number of hydrogen-bond donors (Lipinski definition) is 1. The van der Waals surface area contributed by atoms with Crippen molar-refractivity contribution < 1.29 is 14.2 Å². The predicted molar refractivity (Wildman–Crippen MR) is 81.1 cm³/mol.